The van der Waals surface area contributed by atoms with Gasteiger partial charge in [-0.1, -0.05) is 19.1 Å². The summed E-state index contributed by atoms with van der Waals surface area (Å²) in [6, 6.07) is 5.61. The number of rotatable bonds is 8. The number of alkyl halides is 3. The Balaban J connectivity index is 1.94. The molecule has 3 aromatic rings. The Hall–Kier alpha value is -3.08. The Morgan fingerprint density at radius 1 is 1.09 bits per heavy atom. The van der Waals surface area contributed by atoms with Gasteiger partial charge in [0.05, 0.1) is 5.69 Å². The van der Waals surface area contributed by atoms with E-state index in [9.17, 15) is 31.1 Å². The number of carbonyl (C=O) groups is 1. The molecule has 0 bridgehead atoms. The predicted molar refractivity (Wildman–Crippen MR) is 109 cm³/mol. The van der Waals surface area contributed by atoms with Crippen LogP contribution in [0.25, 0.3) is 11.3 Å². The predicted octanol–water partition coefficient (Wildman–Crippen LogP) is 6.40. The molecule has 0 radical (unpaired) electrons. The number of ether oxygens (including phenoxy) is 1. The maximum Gasteiger partial charge on any atom is 0.427 e. The molecule has 0 aliphatic rings. The van der Waals surface area contributed by atoms with Crippen LogP contribution in [0.1, 0.15) is 34.9 Å². The van der Waals surface area contributed by atoms with E-state index in [1.165, 1.54) is 12.1 Å². The molecule has 0 unspecified atom stereocenters. The molecule has 0 saturated heterocycles. The van der Waals surface area contributed by atoms with Gasteiger partial charge in [-0.2, -0.15) is 17.5 Å². The lowest BCUT2D eigenvalue weighted by atomic mass is 10.0. The third-order valence-corrected chi connectivity index (χ3v) is 5.73. The van der Waals surface area contributed by atoms with E-state index in [2.05, 4.69) is 4.37 Å². The van der Waals surface area contributed by atoms with Gasteiger partial charge in [-0.3, -0.25) is 4.79 Å². The van der Waals surface area contributed by atoms with Crippen LogP contribution in [0.5, 0.6) is 5.75 Å². The first-order valence-electron chi connectivity index (χ1n) is 9.68. The highest BCUT2D eigenvalue weighted by Gasteiger charge is 2.38. The minimum Gasteiger partial charge on any atom is -0.483 e. The van der Waals surface area contributed by atoms with Crippen LogP contribution in [-0.4, -0.2) is 15.4 Å². The maximum absolute atomic E-state index is 14.4. The van der Waals surface area contributed by atoms with Crippen molar-refractivity contribution in [1.29, 1.82) is 0 Å². The van der Waals surface area contributed by atoms with Crippen molar-refractivity contribution in [3.63, 3.8) is 0 Å². The van der Waals surface area contributed by atoms with Gasteiger partial charge in [0.15, 0.2) is 17.4 Å². The summed E-state index contributed by atoms with van der Waals surface area (Å²) in [6.07, 6.45) is -4.92. The molecule has 176 valence electrons. The standard InChI is InChI=1S/C22H17F6NO3S/c1-2-12-4-5-13(9-15(12)23)19-14(21(33-29-19)22(26,27)28)10-32-20-16(24)7-11(8-17(20)25)3-6-18(30)31/h4-5,7-9H,2-3,6,10H2,1H3,(H,30,31). The lowest BCUT2D eigenvalue weighted by molar-refractivity contribution is -0.137. The van der Waals surface area contributed by atoms with Crippen molar-refractivity contribution in [2.45, 2.75) is 39.0 Å². The van der Waals surface area contributed by atoms with E-state index >= 15 is 0 Å². The van der Waals surface area contributed by atoms with E-state index < -0.39 is 52.4 Å². The molecule has 0 aliphatic heterocycles. The van der Waals surface area contributed by atoms with E-state index in [-0.39, 0.29) is 41.2 Å². The van der Waals surface area contributed by atoms with Gasteiger partial charge in [0, 0.05) is 17.5 Å². The van der Waals surface area contributed by atoms with Crippen LogP contribution in [0.15, 0.2) is 30.3 Å². The number of carboxylic acid groups (broad SMARTS) is 1. The topological polar surface area (TPSA) is 59.4 Å². The normalized spacial score (nSPS) is 11.6. The number of hydrogen-bond donors (Lipinski definition) is 1. The molecule has 0 amide bonds. The largest absolute Gasteiger partial charge is 0.483 e. The van der Waals surface area contributed by atoms with Crippen LogP contribution < -0.4 is 4.74 Å². The SMILES string of the molecule is CCc1ccc(-c2nsc(C(F)(F)F)c2COc2c(F)cc(CCC(=O)O)cc2F)cc1F. The average Bonchev–Trinajstić information content (AvgIpc) is 3.16. The number of benzene rings is 2. The first-order chi connectivity index (χ1) is 15.5. The van der Waals surface area contributed by atoms with E-state index in [4.69, 9.17) is 9.84 Å². The molecule has 2 aromatic carbocycles. The molecular formula is C22H17F6NO3S. The molecule has 0 spiro atoms. The Morgan fingerprint density at radius 2 is 1.76 bits per heavy atom. The van der Waals surface area contributed by atoms with E-state index in [1.54, 1.807) is 6.92 Å². The Kier molecular flexibility index (Phi) is 7.31. The monoisotopic (exact) mass is 489 g/mol. The van der Waals surface area contributed by atoms with Crippen molar-refractivity contribution in [2.75, 3.05) is 0 Å². The number of hydrogen-bond acceptors (Lipinski definition) is 4. The molecule has 1 N–H and O–H groups in total. The van der Waals surface area contributed by atoms with Crippen LogP contribution in [0, 0.1) is 17.5 Å². The zero-order valence-corrected chi connectivity index (χ0v) is 17.9. The third-order valence-electron chi connectivity index (χ3n) is 4.80. The average molecular weight is 489 g/mol. The molecule has 0 aliphatic carbocycles. The molecule has 0 saturated carbocycles. The molecule has 11 heteroatoms. The summed E-state index contributed by atoms with van der Waals surface area (Å²) < 4.78 is 92.3. The van der Waals surface area contributed by atoms with Crippen LogP contribution in [0.2, 0.25) is 0 Å². The lowest BCUT2D eigenvalue weighted by Crippen LogP contribution is -2.09. The number of aromatic nitrogens is 1. The Labute approximate surface area is 188 Å². The van der Waals surface area contributed by atoms with Crippen molar-refractivity contribution in [2.24, 2.45) is 0 Å². The van der Waals surface area contributed by atoms with Crippen molar-refractivity contribution in [3.05, 3.63) is 69.4 Å². The summed E-state index contributed by atoms with van der Waals surface area (Å²) in [5, 5.41) is 8.68. The smallest absolute Gasteiger partial charge is 0.427 e. The zero-order valence-electron chi connectivity index (χ0n) is 17.1. The van der Waals surface area contributed by atoms with Gasteiger partial charge >= 0.3 is 12.1 Å². The van der Waals surface area contributed by atoms with Crippen molar-refractivity contribution in [3.8, 4) is 17.0 Å². The fourth-order valence-electron chi connectivity index (χ4n) is 3.16. The summed E-state index contributed by atoms with van der Waals surface area (Å²) in [5.74, 6) is -5.06. The van der Waals surface area contributed by atoms with Gasteiger partial charge in [-0.15, -0.1) is 0 Å². The second kappa shape index (κ2) is 9.82. The number of carboxylic acids is 1. The zero-order chi connectivity index (χ0) is 24.3. The second-order valence-corrected chi connectivity index (χ2v) is 7.84. The van der Waals surface area contributed by atoms with Crippen LogP contribution in [0.3, 0.4) is 0 Å². The van der Waals surface area contributed by atoms with Gasteiger partial charge in [-0.05, 0) is 53.7 Å². The van der Waals surface area contributed by atoms with Gasteiger partial charge < -0.3 is 9.84 Å². The third kappa shape index (κ3) is 5.65. The summed E-state index contributed by atoms with van der Waals surface area (Å²) in [4.78, 5) is 9.50. The van der Waals surface area contributed by atoms with Gasteiger partial charge in [-0.25, -0.2) is 13.2 Å². The van der Waals surface area contributed by atoms with Gasteiger partial charge in [0.2, 0.25) is 0 Å². The Bertz CT molecular complexity index is 1150. The number of aryl methyl sites for hydroxylation is 2. The van der Waals surface area contributed by atoms with E-state index in [1.807, 2.05) is 0 Å². The molecular weight excluding hydrogens is 472 g/mol. The summed E-state index contributed by atoms with van der Waals surface area (Å²) in [7, 11) is 0. The molecule has 4 nitrogen and oxygen atoms in total. The fourth-order valence-corrected chi connectivity index (χ4v) is 3.93. The number of nitrogens with zero attached hydrogens (tertiary/aromatic N) is 1. The summed E-state index contributed by atoms with van der Waals surface area (Å²) in [5.41, 5.74) is -0.187. The first-order valence-corrected chi connectivity index (χ1v) is 10.5. The van der Waals surface area contributed by atoms with E-state index in [0.29, 0.717) is 12.0 Å². The first kappa shape index (κ1) is 24.6. The van der Waals surface area contributed by atoms with Crippen molar-refractivity contribution >= 4 is 17.5 Å². The summed E-state index contributed by atoms with van der Waals surface area (Å²) >= 11 is 0.128. The van der Waals surface area contributed by atoms with Gasteiger partial charge in [0.1, 0.15) is 17.3 Å². The highest BCUT2D eigenvalue weighted by atomic mass is 32.1. The fraction of sp³-hybridized carbons (Fsp3) is 0.273. The quantitative estimate of drug-likeness (QED) is 0.372. The minimum atomic E-state index is -4.81. The highest BCUT2D eigenvalue weighted by Crippen LogP contribution is 2.40. The second-order valence-electron chi connectivity index (χ2n) is 7.07. The number of aliphatic carboxylic acids is 1. The maximum atomic E-state index is 14.4. The summed E-state index contributed by atoms with van der Waals surface area (Å²) in [6.45, 7) is 0.845. The van der Waals surface area contributed by atoms with Crippen LogP contribution in [0.4, 0.5) is 26.3 Å². The highest BCUT2D eigenvalue weighted by molar-refractivity contribution is 7.06. The Morgan fingerprint density at radius 3 is 2.30 bits per heavy atom. The lowest BCUT2D eigenvalue weighted by Gasteiger charge is -2.13. The molecule has 1 heterocycles. The molecule has 33 heavy (non-hydrogen) atoms. The minimum absolute atomic E-state index is 0.0557. The molecule has 0 fully saturated rings. The van der Waals surface area contributed by atoms with Crippen LogP contribution in [-0.2, 0) is 30.4 Å². The van der Waals surface area contributed by atoms with Crippen molar-refractivity contribution in [1.82, 2.24) is 4.37 Å². The van der Waals surface area contributed by atoms with Gasteiger partial charge in [0.25, 0.3) is 0 Å². The number of halogens is 6. The molecule has 3 rings (SSSR count). The molecule has 1 aromatic heterocycles. The van der Waals surface area contributed by atoms with Crippen molar-refractivity contribution < 1.29 is 41.0 Å². The van der Waals surface area contributed by atoms with Crippen LogP contribution >= 0.6 is 11.5 Å². The molecule has 0 atom stereocenters. The van der Waals surface area contributed by atoms with E-state index in [0.717, 1.165) is 18.2 Å².